The molecule has 0 aliphatic heterocycles. The van der Waals surface area contributed by atoms with Crippen LogP contribution in [0, 0.1) is 0 Å². The Morgan fingerprint density at radius 3 is 2.60 bits per heavy atom. The molecule has 0 atom stereocenters. The van der Waals surface area contributed by atoms with Crippen molar-refractivity contribution in [2.24, 2.45) is 0 Å². The highest BCUT2D eigenvalue weighted by Crippen LogP contribution is 1.90. The molecule has 0 spiro atoms. The van der Waals surface area contributed by atoms with Crippen LogP contribution in [0.5, 0.6) is 0 Å². The number of halogens is 1. The lowest BCUT2D eigenvalue weighted by atomic mass is 10.3. The molecule has 0 bridgehead atoms. The molecule has 0 radical (unpaired) electrons. The molecule has 0 unspecified atom stereocenters. The fraction of sp³-hybridized carbons (Fsp3) is 0.333. The van der Waals surface area contributed by atoms with E-state index in [0.717, 1.165) is 0 Å². The summed E-state index contributed by atoms with van der Waals surface area (Å²) in [7, 11) is 0. The van der Waals surface area contributed by atoms with Crippen LogP contribution in [0.4, 0.5) is 4.79 Å². The van der Waals surface area contributed by atoms with Crippen molar-refractivity contribution in [1.29, 1.82) is 0 Å². The average Bonchev–Trinajstić information content (AvgIpc) is 1.87. The molecule has 0 aromatic carbocycles. The molecule has 0 N–H and O–H groups in total. The van der Waals surface area contributed by atoms with E-state index in [1.165, 1.54) is 6.08 Å². The van der Waals surface area contributed by atoms with Gasteiger partial charge in [0.2, 0.25) is 0 Å². The van der Waals surface area contributed by atoms with Crippen molar-refractivity contribution < 1.29 is 14.3 Å². The Bertz CT molecular complexity index is 153. The third kappa shape index (κ3) is 5.31. The first-order chi connectivity index (χ1) is 4.66. The molecule has 4 heteroatoms. The van der Waals surface area contributed by atoms with Gasteiger partial charge in [-0.05, 0) is 6.08 Å². The van der Waals surface area contributed by atoms with E-state index in [0.29, 0.717) is 0 Å². The van der Waals surface area contributed by atoms with Crippen LogP contribution in [-0.2, 0) is 9.53 Å². The van der Waals surface area contributed by atoms with Crippen molar-refractivity contribution in [1.82, 2.24) is 0 Å². The maximum atomic E-state index is 10.4. The quantitative estimate of drug-likeness (QED) is 0.465. The SMILES string of the molecule is C=CC(=O)CCOC(=O)Cl. The fourth-order valence-corrected chi connectivity index (χ4v) is 0.411. The van der Waals surface area contributed by atoms with Crippen LogP contribution in [0.3, 0.4) is 0 Å². The lowest BCUT2D eigenvalue weighted by Crippen LogP contribution is -2.02. The van der Waals surface area contributed by atoms with Crippen molar-refractivity contribution in [3.8, 4) is 0 Å². The Balaban J connectivity index is 3.28. The molecule has 0 saturated carbocycles. The molecule has 0 aliphatic rings. The number of hydrogen-bond donors (Lipinski definition) is 0. The zero-order chi connectivity index (χ0) is 7.98. The summed E-state index contributed by atoms with van der Waals surface area (Å²) in [6.07, 6.45) is 1.31. The molecule has 0 rings (SSSR count). The van der Waals surface area contributed by atoms with E-state index in [-0.39, 0.29) is 18.8 Å². The zero-order valence-corrected chi connectivity index (χ0v) is 6.06. The molecule has 10 heavy (non-hydrogen) atoms. The van der Waals surface area contributed by atoms with Gasteiger partial charge in [-0.1, -0.05) is 6.58 Å². The maximum Gasteiger partial charge on any atom is 0.403 e. The van der Waals surface area contributed by atoms with Crippen molar-refractivity contribution in [2.45, 2.75) is 6.42 Å². The molecule has 3 nitrogen and oxygen atoms in total. The molecule has 56 valence electrons. The summed E-state index contributed by atoms with van der Waals surface area (Å²) in [5.41, 5.74) is -0.892. The van der Waals surface area contributed by atoms with Crippen LogP contribution in [0.2, 0.25) is 0 Å². The molecule has 0 amide bonds. The van der Waals surface area contributed by atoms with E-state index >= 15 is 0 Å². The molecule has 0 heterocycles. The predicted molar refractivity (Wildman–Crippen MR) is 37.0 cm³/mol. The standard InChI is InChI=1S/C6H7ClO3/c1-2-5(8)3-4-10-6(7)9/h2H,1,3-4H2. The summed E-state index contributed by atoms with van der Waals surface area (Å²) in [5, 5.41) is 0. The Labute approximate surface area is 63.6 Å². The number of carbonyl (C=O) groups is 2. The molecule has 0 aromatic rings. The van der Waals surface area contributed by atoms with Crippen molar-refractivity contribution in [3.05, 3.63) is 12.7 Å². The lowest BCUT2D eigenvalue weighted by molar-refractivity contribution is -0.115. The summed E-state index contributed by atoms with van der Waals surface area (Å²) >= 11 is 4.81. The van der Waals surface area contributed by atoms with Gasteiger partial charge in [0.25, 0.3) is 0 Å². The molecule has 0 aliphatic carbocycles. The van der Waals surface area contributed by atoms with Gasteiger partial charge >= 0.3 is 5.43 Å². The topological polar surface area (TPSA) is 43.4 Å². The third-order valence-corrected chi connectivity index (χ3v) is 0.901. The minimum Gasteiger partial charge on any atom is -0.453 e. The highest BCUT2D eigenvalue weighted by molar-refractivity contribution is 6.61. The van der Waals surface area contributed by atoms with Crippen LogP contribution >= 0.6 is 11.6 Å². The Morgan fingerprint density at radius 2 is 2.20 bits per heavy atom. The highest BCUT2D eigenvalue weighted by Gasteiger charge is 1.98. The monoisotopic (exact) mass is 162 g/mol. The van der Waals surface area contributed by atoms with Crippen LogP contribution in [0.1, 0.15) is 6.42 Å². The van der Waals surface area contributed by atoms with Gasteiger partial charge in [0, 0.05) is 18.0 Å². The fourth-order valence-electron chi connectivity index (χ4n) is 0.334. The first kappa shape index (κ1) is 9.17. The van der Waals surface area contributed by atoms with Crippen LogP contribution in [-0.4, -0.2) is 17.8 Å². The van der Waals surface area contributed by atoms with E-state index in [1.54, 1.807) is 0 Å². The second-order valence-corrected chi connectivity index (χ2v) is 1.82. The Morgan fingerprint density at radius 1 is 1.60 bits per heavy atom. The summed E-state index contributed by atoms with van der Waals surface area (Å²) < 4.78 is 4.27. The Hall–Kier alpha value is -0.830. The summed E-state index contributed by atoms with van der Waals surface area (Å²) in [5.74, 6) is -0.169. The van der Waals surface area contributed by atoms with E-state index in [4.69, 9.17) is 11.6 Å². The average molecular weight is 163 g/mol. The van der Waals surface area contributed by atoms with E-state index in [2.05, 4.69) is 11.3 Å². The number of ketones is 1. The number of carbonyl (C=O) groups excluding carboxylic acids is 2. The van der Waals surface area contributed by atoms with E-state index < -0.39 is 5.43 Å². The molecule has 0 aromatic heterocycles. The first-order valence-corrected chi connectivity index (χ1v) is 3.02. The van der Waals surface area contributed by atoms with Gasteiger partial charge in [0.05, 0.1) is 6.61 Å². The third-order valence-electron chi connectivity index (χ3n) is 0.792. The van der Waals surface area contributed by atoms with Gasteiger partial charge < -0.3 is 4.74 Å². The Kier molecular flexibility index (Phi) is 4.58. The van der Waals surface area contributed by atoms with Gasteiger partial charge in [-0.2, -0.15) is 0 Å². The second kappa shape index (κ2) is 4.99. The van der Waals surface area contributed by atoms with Gasteiger partial charge in [0.15, 0.2) is 5.78 Å². The van der Waals surface area contributed by atoms with Crippen LogP contribution in [0.25, 0.3) is 0 Å². The smallest absolute Gasteiger partial charge is 0.403 e. The first-order valence-electron chi connectivity index (χ1n) is 2.64. The summed E-state index contributed by atoms with van der Waals surface area (Å²) in [6, 6.07) is 0. The molecule has 0 saturated heterocycles. The minimum absolute atomic E-state index is 0.0210. The van der Waals surface area contributed by atoms with Crippen molar-refractivity contribution >= 4 is 22.8 Å². The van der Waals surface area contributed by atoms with E-state index in [9.17, 15) is 9.59 Å². The lowest BCUT2D eigenvalue weighted by Gasteiger charge is -1.95. The van der Waals surface area contributed by atoms with Crippen molar-refractivity contribution in [2.75, 3.05) is 6.61 Å². The highest BCUT2D eigenvalue weighted by atomic mass is 35.5. The van der Waals surface area contributed by atoms with Crippen LogP contribution in [0.15, 0.2) is 12.7 Å². The number of hydrogen-bond acceptors (Lipinski definition) is 3. The maximum absolute atomic E-state index is 10.4. The second-order valence-electron chi connectivity index (χ2n) is 1.51. The molecular weight excluding hydrogens is 156 g/mol. The van der Waals surface area contributed by atoms with Gasteiger partial charge in [-0.3, -0.25) is 4.79 Å². The number of rotatable bonds is 4. The van der Waals surface area contributed by atoms with Crippen molar-refractivity contribution in [3.63, 3.8) is 0 Å². The number of ether oxygens (including phenoxy) is 1. The minimum atomic E-state index is -0.892. The van der Waals surface area contributed by atoms with Gasteiger partial charge in [-0.25, -0.2) is 4.79 Å². The van der Waals surface area contributed by atoms with Gasteiger partial charge in [0.1, 0.15) is 0 Å². The normalized spacial score (nSPS) is 8.50. The predicted octanol–water partition coefficient (Wildman–Crippen LogP) is 1.51. The number of allylic oxidation sites excluding steroid dienone is 1. The van der Waals surface area contributed by atoms with Gasteiger partial charge in [-0.15, -0.1) is 0 Å². The molecule has 0 fully saturated rings. The zero-order valence-electron chi connectivity index (χ0n) is 5.30. The van der Waals surface area contributed by atoms with E-state index in [1.807, 2.05) is 0 Å². The molecular formula is C6H7ClO3. The summed E-state index contributed by atoms with van der Waals surface area (Å²) in [6.45, 7) is 3.26. The summed E-state index contributed by atoms with van der Waals surface area (Å²) in [4.78, 5) is 20.4. The largest absolute Gasteiger partial charge is 0.453 e. The van der Waals surface area contributed by atoms with Crippen LogP contribution < -0.4 is 0 Å².